The topological polar surface area (TPSA) is 97.6 Å². The number of nitrogens with one attached hydrogen (secondary N) is 1. The van der Waals surface area contributed by atoms with Gasteiger partial charge in [0.05, 0.1) is 20.3 Å². The summed E-state index contributed by atoms with van der Waals surface area (Å²) in [6.45, 7) is 0.928. The number of anilines is 1. The lowest BCUT2D eigenvalue weighted by Crippen LogP contribution is -2.49. The first-order chi connectivity index (χ1) is 8.61. The van der Waals surface area contributed by atoms with E-state index in [0.29, 0.717) is 24.5 Å². The highest BCUT2D eigenvalue weighted by Gasteiger charge is 2.30. The van der Waals surface area contributed by atoms with Gasteiger partial charge in [-0.05, 0) is 6.07 Å². The molecule has 0 saturated carbocycles. The van der Waals surface area contributed by atoms with Gasteiger partial charge in [0, 0.05) is 18.4 Å². The molecule has 0 spiro atoms. The van der Waals surface area contributed by atoms with Crippen LogP contribution in [0.15, 0.2) is 12.3 Å². The summed E-state index contributed by atoms with van der Waals surface area (Å²) in [6.07, 6.45) is 0.825. The molecule has 0 aliphatic carbocycles. The molecule has 18 heavy (non-hydrogen) atoms. The number of amides is 1. The van der Waals surface area contributed by atoms with Crippen molar-refractivity contribution in [3.8, 4) is 0 Å². The highest BCUT2D eigenvalue weighted by molar-refractivity contribution is 5.94. The average Bonchev–Trinajstić information content (AvgIpc) is 2.83. The monoisotopic (exact) mass is 253 g/mol. The first-order valence-corrected chi connectivity index (χ1v) is 5.54. The standard InChI is InChI=1S/C11H15N3O4/c1-17-11(16)9-6-14(2-3-18-9)10(15)8-4-7(12)5-13-8/h4-5,9,13H,2-3,6,12H2,1H3. The van der Waals surface area contributed by atoms with Gasteiger partial charge in [0.25, 0.3) is 5.91 Å². The van der Waals surface area contributed by atoms with E-state index in [1.807, 2.05) is 0 Å². The number of ether oxygens (including phenoxy) is 2. The Morgan fingerprint density at radius 3 is 3.00 bits per heavy atom. The van der Waals surface area contributed by atoms with Gasteiger partial charge in [0.1, 0.15) is 5.69 Å². The van der Waals surface area contributed by atoms with Gasteiger partial charge in [-0.25, -0.2) is 4.79 Å². The molecule has 1 amide bonds. The maximum absolute atomic E-state index is 12.1. The Morgan fingerprint density at radius 2 is 2.39 bits per heavy atom. The van der Waals surface area contributed by atoms with Crippen LogP contribution in [0.3, 0.4) is 0 Å². The Morgan fingerprint density at radius 1 is 1.61 bits per heavy atom. The SMILES string of the molecule is COC(=O)C1CN(C(=O)c2cc(N)c[nH]2)CCO1. The van der Waals surface area contributed by atoms with Gasteiger partial charge in [-0.2, -0.15) is 0 Å². The molecule has 3 N–H and O–H groups in total. The summed E-state index contributed by atoms with van der Waals surface area (Å²) in [5.74, 6) is -0.678. The summed E-state index contributed by atoms with van der Waals surface area (Å²) in [7, 11) is 1.29. The molecular weight excluding hydrogens is 238 g/mol. The normalized spacial score (nSPS) is 19.6. The molecule has 2 heterocycles. The number of H-pyrrole nitrogens is 1. The summed E-state index contributed by atoms with van der Waals surface area (Å²) in [4.78, 5) is 27.8. The van der Waals surface area contributed by atoms with E-state index < -0.39 is 12.1 Å². The van der Waals surface area contributed by atoms with Crippen LogP contribution in [0.1, 0.15) is 10.5 Å². The average molecular weight is 253 g/mol. The Bertz CT molecular complexity index is 457. The van der Waals surface area contributed by atoms with Crippen molar-refractivity contribution >= 4 is 17.6 Å². The zero-order valence-corrected chi connectivity index (χ0v) is 10.0. The van der Waals surface area contributed by atoms with Crippen LogP contribution in [0, 0.1) is 0 Å². The number of esters is 1. The van der Waals surface area contributed by atoms with E-state index in [1.165, 1.54) is 12.0 Å². The molecule has 1 atom stereocenters. The van der Waals surface area contributed by atoms with Gasteiger partial charge < -0.3 is 25.1 Å². The van der Waals surface area contributed by atoms with Crippen molar-refractivity contribution in [1.29, 1.82) is 0 Å². The number of rotatable bonds is 2. The highest BCUT2D eigenvalue weighted by Crippen LogP contribution is 2.12. The van der Waals surface area contributed by atoms with Crippen molar-refractivity contribution < 1.29 is 19.1 Å². The molecule has 1 aromatic heterocycles. The van der Waals surface area contributed by atoms with Crippen molar-refractivity contribution in [1.82, 2.24) is 9.88 Å². The van der Waals surface area contributed by atoms with E-state index >= 15 is 0 Å². The van der Waals surface area contributed by atoms with Gasteiger partial charge in [-0.1, -0.05) is 0 Å². The van der Waals surface area contributed by atoms with Crippen LogP contribution in [0.4, 0.5) is 5.69 Å². The fourth-order valence-corrected chi connectivity index (χ4v) is 1.81. The van der Waals surface area contributed by atoms with E-state index in [1.54, 1.807) is 12.3 Å². The number of hydrogen-bond donors (Lipinski definition) is 2. The summed E-state index contributed by atoms with van der Waals surface area (Å²) >= 11 is 0. The van der Waals surface area contributed by atoms with Gasteiger partial charge in [-0.15, -0.1) is 0 Å². The molecule has 1 aromatic rings. The maximum Gasteiger partial charge on any atom is 0.336 e. The molecular formula is C11H15N3O4. The van der Waals surface area contributed by atoms with Crippen LogP contribution in [-0.2, 0) is 14.3 Å². The van der Waals surface area contributed by atoms with Crippen LogP contribution in [-0.4, -0.2) is 54.7 Å². The van der Waals surface area contributed by atoms with Crippen LogP contribution < -0.4 is 5.73 Å². The lowest BCUT2D eigenvalue weighted by atomic mass is 10.2. The molecule has 2 rings (SSSR count). The van der Waals surface area contributed by atoms with E-state index in [2.05, 4.69) is 9.72 Å². The molecule has 98 valence electrons. The van der Waals surface area contributed by atoms with Crippen LogP contribution >= 0.6 is 0 Å². The minimum absolute atomic E-state index is 0.185. The van der Waals surface area contributed by atoms with Gasteiger partial charge >= 0.3 is 5.97 Å². The predicted molar refractivity (Wildman–Crippen MR) is 62.9 cm³/mol. The summed E-state index contributed by atoms with van der Waals surface area (Å²) in [5, 5.41) is 0. The number of nitrogens with two attached hydrogens (primary N) is 1. The first kappa shape index (κ1) is 12.4. The lowest BCUT2D eigenvalue weighted by molar-refractivity contribution is -0.158. The third-order valence-corrected chi connectivity index (χ3v) is 2.75. The molecule has 7 nitrogen and oxygen atoms in total. The smallest absolute Gasteiger partial charge is 0.336 e. The minimum Gasteiger partial charge on any atom is -0.467 e. The Kier molecular flexibility index (Phi) is 3.52. The van der Waals surface area contributed by atoms with Gasteiger partial charge in [-0.3, -0.25) is 4.79 Å². The summed E-state index contributed by atoms with van der Waals surface area (Å²) in [5.41, 5.74) is 6.44. The zero-order valence-electron chi connectivity index (χ0n) is 10.0. The number of hydrogen-bond acceptors (Lipinski definition) is 5. The van der Waals surface area contributed by atoms with Crippen molar-refractivity contribution in [2.24, 2.45) is 0 Å². The minimum atomic E-state index is -0.722. The van der Waals surface area contributed by atoms with Crippen LogP contribution in [0.5, 0.6) is 0 Å². The quantitative estimate of drug-likeness (QED) is 0.700. The maximum atomic E-state index is 12.1. The predicted octanol–water partition coefficient (Wildman–Crippen LogP) is -0.389. The van der Waals surface area contributed by atoms with Crippen LogP contribution in [0.2, 0.25) is 0 Å². The second kappa shape index (κ2) is 5.09. The molecule has 7 heteroatoms. The van der Waals surface area contributed by atoms with E-state index in [0.717, 1.165) is 0 Å². The van der Waals surface area contributed by atoms with Crippen molar-refractivity contribution in [3.05, 3.63) is 18.0 Å². The fourth-order valence-electron chi connectivity index (χ4n) is 1.81. The van der Waals surface area contributed by atoms with E-state index in [9.17, 15) is 9.59 Å². The van der Waals surface area contributed by atoms with Crippen molar-refractivity contribution in [2.75, 3.05) is 32.5 Å². The van der Waals surface area contributed by atoms with Gasteiger partial charge in [0.2, 0.25) is 0 Å². The number of aromatic amines is 1. The number of aromatic nitrogens is 1. The second-order valence-electron chi connectivity index (χ2n) is 3.98. The molecule has 1 aliphatic rings. The molecule has 1 fully saturated rings. The van der Waals surface area contributed by atoms with Crippen molar-refractivity contribution in [3.63, 3.8) is 0 Å². The third-order valence-electron chi connectivity index (χ3n) is 2.75. The molecule has 1 saturated heterocycles. The molecule has 1 aliphatic heterocycles. The molecule has 0 bridgehead atoms. The number of nitrogen functional groups attached to an aromatic ring is 1. The molecule has 0 aromatic carbocycles. The number of methoxy groups -OCH3 is 1. The van der Waals surface area contributed by atoms with Crippen LogP contribution in [0.25, 0.3) is 0 Å². The van der Waals surface area contributed by atoms with E-state index in [-0.39, 0.29) is 12.5 Å². The summed E-state index contributed by atoms with van der Waals surface area (Å²) in [6, 6.07) is 1.56. The Hall–Kier alpha value is -2.02. The number of carbonyl (C=O) groups excluding carboxylic acids is 2. The largest absolute Gasteiger partial charge is 0.467 e. The molecule has 1 unspecified atom stereocenters. The van der Waals surface area contributed by atoms with Crippen molar-refractivity contribution in [2.45, 2.75) is 6.10 Å². The lowest BCUT2D eigenvalue weighted by Gasteiger charge is -2.31. The van der Waals surface area contributed by atoms with Gasteiger partial charge in [0.15, 0.2) is 6.10 Å². The fraction of sp³-hybridized carbons (Fsp3) is 0.455. The first-order valence-electron chi connectivity index (χ1n) is 5.54. The Balaban J connectivity index is 2.05. The number of nitrogens with zero attached hydrogens (tertiary/aromatic N) is 1. The zero-order chi connectivity index (χ0) is 13.1. The number of morpholine rings is 1. The Labute approximate surface area is 104 Å². The molecule has 0 radical (unpaired) electrons. The second-order valence-corrected chi connectivity index (χ2v) is 3.98. The third kappa shape index (κ3) is 2.45. The summed E-state index contributed by atoms with van der Waals surface area (Å²) < 4.78 is 9.85. The highest BCUT2D eigenvalue weighted by atomic mass is 16.6. The number of carbonyl (C=O) groups is 2. The van der Waals surface area contributed by atoms with E-state index in [4.69, 9.17) is 10.5 Å².